The van der Waals surface area contributed by atoms with Crippen LogP contribution in [0.15, 0.2) is 35.6 Å². The van der Waals surface area contributed by atoms with Crippen LogP contribution < -0.4 is 5.73 Å². The number of anilines is 1. The first kappa shape index (κ1) is 19.4. The predicted molar refractivity (Wildman–Crippen MR) is 111 cm³/mol. The Morgan fingerprint density at radius 1 is 1.17 bits per heavy atom. The molecule has 0 unspecified atom stereocenters. The van der Waals surface area contributed by atoms with Gasteiger partial charge in [-0.2, -0.15) is 9.40 Å². The van der Waals surface area contributed by atoms with Crippen LogP contribution in [0.4, 0.5) is 5.82 Å². The molecule has 2 fully saturated rings. The third-order valence-electron chi connectivity index (χ3n) is 6.27. The Kier molecular flexibility index (Phi) is 4.53. The van der Waals surface area contributed by atoms with Gasteiger partial charge in [0.2, 0.25) is 10.0 Å². The monoisotopic (exact) mass is 428 g/mol. The standard InChI is InChI=1S/C20H24N6O3S/c1-14-3-4-15(11-16(14)17-12-22-19-18(21)23-13-24-26(17)19)30(27,28)25-8-6-20(7-9-25)5-2-10-29-20/h3-4,11-13H,2,5-10H2,1H3,(H2,21,23,24). The summed E-state index contributed by atoms with van der Waals surface area (Å²) in [6.07, 6.45) is 6.57. The number of ether oxygens (including phenoxy) is 1. The molecule has 0 aliphatic carbocycles. The molecule has 0 amide bonds. The number of aromatic nitrogens is 4. The fraction of sp³-hybridized carbons (Fsp3) is 0.450. The largest absolute Gasteiger partial charge is 0.381 e. The molecule has 0 bridgehead atoms. The highest BCUT2D eigenvalue weighted by atomic mass is 32.2. The lowest BCUT2D eigenvalue weighted by atomic mass is 9.90. The van der Waals surface area contributed by atoms with E-state index >= 15 is 0 Å². The SMILES string of the molecule is Cc1ccc(S(=O)(=O)N2CCC3(CCCO3)CC2)cc1-c1cnc2c(N)ncnn12. The van der Waals surface area contributed by atoms with Gasteiger partial charge in [0, 0.05) is 25.3 Å². The number of nitrogens with two attached hydrogens (primary N) is 1. The van der Waals surface area contributed by atoms with Crippen molar-refractivity contribution in [3.05, 3.63) is 36.3 Å². The number of imidazole rings is 1. The number of piperidine rings is 1. The molecule has 1 spiro atoms. The molecule has 3 aromatic rings. The molecular weight excluding hydrogens is 404 g/mol. The molecule has 158 valence electrons. The van der Waals surface area contributed by atoms with E-state index in [2.05, 4.69) is 15.1 Å². The highest BCUT2D eigenvalue weighted by Crippen LogP contribution is 2.37. The first-order chi connectivity index (χ1) is 14.4. The summed E-state index contributed by atoms with van der Waals surface area (Å²) >= 11 is 0. The Balaban J connectivity index is 1.49. The van der Waals surface area contributed by atoms with Gasteiger partial charge in [0.25, 0.3) is 0 Å². The van der Waals surface area contributed by atoms with Crippen molar-refractivity contribution in [2.45, 2.75) is 43.1 Å². The Morgan fingerprint density at radius 3 is 2.70 bits per heavy atom. The van der Waals surface area contributed by atoms with Crippen molar-refractivity contribution in [3.63, 3.8) is 0 Å². The lowest BCUT2D eigenvalue weighted by molar-refractivity contribution is -0.0309. The van der Waals surface area contributed by atoms with E-state index in [1.807, 2.05) is 13.0 Å². The number of benzene rings is 1. The fourth-order valence-electron chi connectivity index (χ4n) is 4.49. The Bertz CT molecular complexity index is 1210. The Labute approximate surface area is 174 Å². The predicted octanol–water partition coefficient (Wildman–Crippen LogP) is 2.02. The molecule has 10 heteroatoms. The molecular formula is C20H24N6O3S. The van der Waals surface area contributed by atoms with E-state index in [0.717, 1.165) is 43.4 Å². The summed E-state index contributed by atoms with van der Waals surface area (Å²) in [4.78, 5) is 8.52. The van der Waals surface area contributed by atoms with Gasteiger partial charge in [-0.3, -0.25) is 0 Å². The van der Waals surface area contributed by atoms with Crippen molar-refractivity contribution in [1.29, 1.82) is 0 Å². The minimum Gasteiger partial charge on any atom is -0.381 e. The van der Waals surface area contributed by atoms with Crippen LogP contribution in [0.3, 0.4) is 0 Å². The normalized spacial score (nSPS) is 19.6. The Morgan fingerprint density at radius 2 is 1.97 bits per heavy atom. The molecule has 0 saturated carbocycles. The molecule has 0 radical (unpaired) electrons. The van der Waals surface area contributed by atoms with E-state index in [9.17, 15) is 8.42 Å². The van der Waals surface area contributed by atoms with Gasteiger partial charge in [-0.25, -0.2) is 22.9 Å². The molecule has 2 saturated heterocycles. The summed E-state index contributed by atoms with van der Waals surface area (Å²) in [7, 11) is -3.61. The van der Waals surface area contributed by atoms with Crippen LogP contribution in [0.25, 0.3) is 16.9 Å². The van der Waals surface area contributed by atoms with Crippen LogP contribution in [0.2, 0.25) is 0 Å². The Hall–Kier alpha value is -2.56. The second-order valence-corrected chi connectivity index (χ2v) is 9.98. The van der Waals surface area contributed by atoms with Crippen LogP contribution in [0.1, 0.15) is 31.2 Å². The number of aryl methyl sites for hydroxylation is 1. The van der Waals surface area contributed by atoms with Crippen LogP contribution in [0.5, 0.6) is 0 Å². The maximum Gasteiger partial charge on any atom is 0.243 e. The van der Waals surface area contributed by atoms with Gasteiger partial charge in [0.05, 0.1) is 22.4 Å². The number of nitrogens with zero attached hydrogens (tertiary/aromatic N) is 5. The minimum atomic E-state index is -3.61. The highest BCUT2D eigenvalue weighted by molar-refractivity contribution is 7.89. The summed E-state index contributed by atoms with van der Waals surface area (Å²) in [5.74, 6) is 0.272. The van der Waals surface area contributed by atoms with Gasteiger partial charge in [-0.15, -0.1) is 0 Å². The van der Waals surface area contributed by atoms with Crippen molar-refractivity contribution in [2.75, 3.05) is 25.4 Å². The molecule has 2 aliphatic heterocycles. The maximum atomic E-state index is 13.4. The van der Waals surface area contributed by atoms with Gasteiger partial charge in [-0.1, -0.05) is 6.07 Å². The zero-order valence-electron chi connectivity index (χ0n) is 16.8. The third-order valence-corrected chi connectivity index (χ3v) is 8.17. The third kappa shape index (κ3) is 3.06. The first-order valence-corrected chi connectivity index (χ1v) is 11.5. The van der Waals surface area contributed by atoms with Gasteiger partial charge in [0.1, 0.15) is 6.33 Å². The second kappa shape index (κ2) is 7.00. The second-order valence-electron chi connectivity index (χ2n) is 8.04. The molecule has 2 N–H and O–H groups in total. The number of fused-ring (bicyclic) bond motifs is 1. The van der Waals surface area contributed by atoms with Gasteiger partial charge >= 0.3 is 0 Å². The van der Waals surface area contributed by atoms with Gasteiger partial charge in [-0.05, 0) is 50.3 Å². The molecule has 2 aromatic heterocycles. The molecule has 5 rings (SSSR count). The van der Waals surface area contributed by atoms with E-state index in [0.29, 0.717) is 24.4 Å². The summed E-state index contributed by atoms with van der Waals surface area (Å²) in [6.45, 7) is 3.66. The van der Waals surface area contributed by atoms with E-state index in [1.165, 1.54) is 6.33 Å². The number of hydrogen-bond acceptors (Lipinski definition) is 7. The van der Waals surface area contributed by atoms with Crippen molar-refractivity contribution in [2.24, 2.45) is 0 Å². The van der Waals surface area contributed by atoms with Crippen molar-refractivity contribution in [3.8, 4) is 11.3 Å². The number of sulfonamides is 1. The van der Waals surface area contributed by atoms with E-state index < -0.39 is 10.0 Å². The first-order valence-electron chi connectivity index (χ1n) is 10.1. The summed E-state index contributed by atoms with van der Waals surface area (Å²) in [6, 6.07) is 5.18. The van der Waals surface area contributed by atoms with Crippen molar-refractivity contribution in [1.82, 2.24) is 23.9 Å². The number of nitrogen functional groups attached to an aromatic ring is 1. The fourth-order valence-corrected chi connectivity index (χ4v) is 5.96. The maximum absolute atomic E-state index is 13.4. The molecule has 4 heterocycles. The molecule has 0 atom stereocenters. The lowest BCUT2D eigenvalue weighted by Crippen LogP contribution is -2.46. The quantitative estimate of drug-likeness (QED) is 0.678. The lowest BCUT2D eigenvalue weighted by Gasteiger charge is -2.37. The smallest absolute Gasteiger partial charge is 0.243 e. The summed E-state index contributed by atoms with van der Waals surface area (Å²) in [5, 5.41) is 4.23. The van der Waals surface area contributed by atoms with E-state index in [4.69, 9.17) is 10.5 Å². The van der Waals surface area contributed by atoms with E-state index in [1.54, 1.807) is 27.2 Å². The average molecular weight is 429 g/mol. The topological polar surface area (TPSA) is 116 Å². The van der Waals surface area contributed by atoms with Gasteiger partial charge in [0.15, 0.2) is 11.5 Å². The van der Waals surface area contributed by atoms with Crippen LogP contribution >= 0.6 is 0 Å². The number of hydrogen-bond donors (Lipinski definition) is 1. The van der Waals surface area contributed by atoms with Gasteiger partial charge < -0.3 is 10.5 Å². The highest BCUT2D eigenvalue weighted by Gasteiger charge is 2.41. The molecule has 30 heavy (non-hydrogen) atoms. The zero-order chi connectivity index (χ0) is 20.9. The van der Waals surface area contributed by atoms with Crippen molar-refractivity contribution < 1.29 is 13.2 Å². The zero-order valence-corrected chi connectivity index (χ0v) is 17.6. The van der Waals surface area contributed by atoms with Crippen LogP contribution in [-0.4, -0.2) is 57.6 Å². The molecule has 1 aromatic carbocycles. The number of rotatable bonds is 3. The van der Waals surface area contributed by atoms with Crippen LogP contribution in [0, 0.1) is 6.92 Å². The van der Waals surface area contributed by atoms with Crippen molar-refractivity contribution >= 4 is 21.5 Å². The molecule has 9 nitrogen and oxygen atoms in total. The molecule has 2 aliphatic rings. The van der Waals surface area contributed by atoms with E-state index in [-0.39, 0.29) is 16.3 Å². The minimum absolute atomic E-state index is 0.124. The average Bonchev–Trinajstić information content (AvgIpc) is 3.37. The summed E-state index contributed by atoms with van der Waals surface area (Å²) < 4.78 is 35.8. The van der Waals surface area contributed by atoms with Crippen LogP contribution in [-0.2, 0) is 14.8 Å². The summed E-state index contributed by atoms with van der Waals surface area (Å²) in [5.41, 5.74) is 8.54.